The van der Waals surface area contributed by atoms with Crippen LogP contribution in [-0.4, -0.2) is 63.8 Å². The molecular weight excluding hydrogens is 503 g/mol. The lowest BCUT2D eigenvalue weighted by Gasteiger charge is -2.31. The number of ether oxygens (including phenoxy) is 2. The number of rotatable bonds is 12. The zero-order valence-electron chi connectivity index (χ0n) is 19.9. The Balaban J connectivity index is 0.00000480. The molecule has 178 valence electrons. The van der Waals surface area contributed by atoms with Gasteiger partial charge in [-0.05, 0) is 89.2 Å². The van der Waals surface area contributed by atoms with Crippen molar-refractivity contribution >= 4 is 29.9 Å². The first-order valence-electron chi connectivity index (χ1n) is 11.7. The molecule has 1 aromatic rings. The molecule has 0 unspecified atom stereocenters. The molecule has 0 radical (unpaired) electrons. The molecule has 0 atom stereocenters. The summed E-state index contributed by atoms with van der Waals surface area (Å²) in [7, 11) is 1.68. The van der Waals surface area contributed by atoms with Gasteiger partial charge in [-0.25, -0.2) is 0 Å². The Hall–Kier alpha value is -1.22. The largest absolute Gasteiger partial charge is 0.493 e. The third-order valence-corrected chi connectivity index (χ3v) is 5.76. The molecule has 1 fully saturated rings. The number of hydrogen-bond donors (Lipinski definition) is 2. The lowest BCUT2D eigenvalue weighted by molar-refractivity contribution is 0.187. The maximum atomic E-state index is 5.68. The van der Waals surface area contributed by atoms with Crippen molar-refractivity contribution in [2.24, 2.45) is 10.9 Å². The Morgan fingerprint density at radius 1 is 1.13 bits per heavy atom. The molecule has 1 aliphatic heterocycles. The molecular formula is C24H43IN4O2. The van der Waals surface area contributed by atoms with E-state index in [-0.39, 0.29) is 24.0 Å². The van der Waals surface area contributed by atoms with E-state index in [1.165, 1.54) is 44.5 Å². The highest BCUT2D eigenvalue weighted by atomic mass is 127. The topological polar surface area (TPSA) is 58.1 Å². The van der Waals surface area contributed by atoms with Crippen LogP contribution in [0.2, 0.25) is 0 Å². The maximum absolute atomic E-state index is 5.68. The maximum Gasteiger partial charge on any atom is 0.191 e. The van der Waals surface area contributed by atoms with Crippen molar-refractivity contribution in [2.75, 3.05) is 53.0 Å². The minimum atomic E-state index is 0. The SMILES string of the molecule is CCNC(=NCCCc1ccc(OC)c(OCC)c1)NCCC1CCN(CC)CC1.I. The monoisotopic (exact) mass is 546 g/mol. The average molecular weight is 547 g/mol. The van der Waals surface area contributed by atoms with E-state index in [0.717, 1.165) is 55.9 Å². The Labute approximate surface area is 206 Å². The first kappa shape index (κ1) is 27.8. The van der Waals surface area contributed by atoms with Crippen LogP contribution >= 0.6 is 24.0 Å². The van der Waals surface area contributed by atoms with Gasteiger partial charge in [0.05, 0.1) is 13.7 Å². The van der Waals surface area contributed by atoms with Crippen molar-refractivity contribution in [1.29, 1.82) is 0 Å². The van der Waals surface area contributed by atoms with Gasteiger partial charge in [0.25, 0.3) is 0 Å². The summed E-state index contributed by atoms with van der Waals surface area (Å²) >= 11 is 0. The molecule has 1 aromatic carbocycles. The van der Waals surface area contributed by atoms with E-state index in [1.54, 1.807) is 7.11 Å². The van der Waals surface area contributed by atoms with Gasteiger partial charge in [-0.2, -0.15) is 0 Å². The van der Waals surface area contributed by atoms with Gasteiger partial charge >= 0.3 is 0 Å². The smallest absolute Gasteiger partial charge is 0.191 e. The molecule has 1 saturated heterocycles. The summed E-state index contributed by atoms with van der Waals surface area (Å²) in [6, 6.07) is 6.18. The fourth-order valence-corrected chi connectivity index (χ4v) is 3.95. The first-order chi connectivity index (χ1) is 14.7. The van der Waals surface area contributed by atoms with Crippen LogP contribution in [0.3, 0.4) is 0 Å². The van der Waals surface area contributed by atoms with E-state index in [4.69, 9.17) is 14.5 Å². The summed E-state index contributed by atoms with van der Waals surface area (Å²) in [4.78, 5) is 7.31. The second-order valence-electron chi connectivity index (χ2n) is 7.88. The van der Waals surface area contributed by atoms with Gasteiger partial charge in [-0.3, -0.25) is 4.99 Å². The fraction of sp³-hybridized carbons (Fsp3) is 0.708. The number of nitrogens with zero attached hydrogens (tertiary/aromatic N) is 2. The highest BCUT2D eigenvalue weighted by Crippen LogP contribution is 2.28. The van der Waals surface area contributed by atoms with Crippen LogP contribution in [0.5, 0.6) is 11.5 Å². The van der Waals surface area contributed by atoms with Crippen LogP contribution in [0, 0.1) is 5.92 Å². The molecule has 0 amide bonds. The quantitative estimate of drug-likeness (QED) is 0.177. The molecule has 1 aliphatic rings. The zero-order valence-corrected chi connectivity index (χ0v) is 22.2. The van der Waals surface area contributed by atoms with E-state index < -0.39 is 0 Å². The van der Waals surface area contributed by atoms with Gasteiger partial charge in [-0.15, -0.1) is 24.0 Å². The van der Waals surface area contributed by atoms with Crippen molar-refractivity contribution < 1.29 is 9.47 Å². The number of nitrogens with one attached hydrogen (secondary N) is 2. The number of aryl methyl sites for hydroxylation is 1. The average Bonchev–Trinajstić information content (AvgIpc) is 2.77. The second kappa shape index (κ2) is 16.4. The Kier molecular flexibility index (Phi) is 14.7. The summed E-state index contributed by atoms with van der Waals surface area (Å²) < 4.78 is 11.0. The first-order valence-corrected chi connectivity index (χ1v) is 11.7. The normalized spacial score (nSPS) is 15.3. The number of guanidine groups is 1. The van der Waals surface area contributed by atoms with Crippen LogP contribution in [0.1, 0.15) is 52.0 Å². The minimum absolute atomic E-state index is 0. The van der Waals surface area contributed by atoms with Gasteiger partial charge in [0.1, 0.15) is 0 Å². The molecule has 2 rings (SSSR count). The predicted molar refractivity (Wildman–Crippen MR) is 141 cm³/mol. The molecule has 31 heavy (non-hydrogen) atoms. The van der Waals surface area contributed by atoms with E-state index >= 15 is 0 Å². The van der Waals surface area contributed by atoms with Crippen LogP contribution in [0.4, 0.5) is 0 Å². The molecule has 1 heterocycles. The lowest BCUT2D eigenvalue weighted by atomic mass is 9.93. The van der Waals surface area contributed by atoms with Crippen LogP contribution in [-0.2, 0) is 6.42 Å². The number of hydrogen-bond acceptors (Lipinski definition) is 4. The van der Waals surface area contributed by atoms with Gasteiger partial charge in [0, 0.05) is 19.6 Å². The van der Waals surface area contributed by atoms with E-state index in [1.807, 2.05) is 13.0 Å². The van der Waals surface area contributed by atoms with Crippen LogP contribution in [0.25, 0.3) is 0 Å². The fourth-order valence-electron chi connectivity index (χ4n) is 3.95. The number of piperidine rings is 1. The zero-order chi connectivity index (χ0) is 21.6. The van der Waals surface area contributed by atoms with E-state index in [0.29, 0.717) is 6.61 Å². The van der Waals surface area contributed by atoms with Crippen molar-refractivity contribution in [3.8, 4) is 11.5 Å². The van der Waals surface area contributed by atoms with E-state index in [2.05, 4.69) is 41.5 Å². The highest BCUT2D eigenvalue weighted by molar-refractivity contribution is 14.0. The summed E-state index contributed by atoms with van der Waals surface area (Å²) in [5.41, 5.74) is 1.26. The summed E-state index contributed by atoms with van der Waals surface area (Å²) in [5, 5.41) is 6.89. The van der Waals surface area contributed by atoms with Crippen LogP contribution < -0.4 is 20.1 Å². The van der Waals surface area contributed by atoms with Crippen molar-refractivity contribution in [2.45, 2.75) is 52.9 Å². The molecule has 2 N–H and O–H groups in total. The number of benzene rings is 1. The van der Waals surface area contributed by atoms with Gasteiger partial charge in [-0.1, -0.05) is 13.0 Å². The van der Waals surface area contributed by atoms with Crippen molar-refractivity contribution in [3.63, 3.8) is 0 Å². The van der Waals surface area contributed by atoms with E-state index in [9.17, 15) is 0 Å². The van der Waals surface area contributed by atoms with Gasteiger partial charge < -0.3 is 25.0 Å². The number of methoxy groups -OCH3 is 1. The standard InChI is InChI=1S/C24H42N4O2.HI/c1-5-25-24(27-16-12-20-13-17-28(6-2)18-14-20)26-15-8-9-21-10-11-22(29-4)23(19-21)30-7-3;/h10-11,19-20H,5-9,12-18H2,1-4H3,(H2,25,26,27);1H. The molecule has 0 bridgehead atoms. The molecule has 0 aliphatic carbocycles. The number of aliphatic imine (C=N–C) groups is 1. The highest BCUT2D eigenvalue weighted by Gasteiger charge is 2.17. The second-order valence-corrected chi connectivity index (χ2v) is 7.88. The van der Waals surface area contributed by atoms with Crippen molar-refractivity contribution in [1.82, 2.24) is 15.5 Å². The Bertz CT molecular complexity index is 634. The molecule has 0 spiro atoms. The number of likely N-dealkylation sites (tertiary alicyclic amines) is 1. The third-order valence-electron chi connectivity index (χ3n) is 5.76. The summed E-state index contributed by atoms with van der Waals surface area (Å²) in [6.45, 7) is 13.4. The van der Waals surface area contributed by atoms with Crippen LogP contribution in [0.15, 0.2) is 23.2 Å². The molecule has 7 heteroatoms. The molecule has 6 nitrogen and oxygen atoms in total. The van der Waals surface area contributed by atoms with Gasteiger partial charge in [0.15, 0.2) is 17.5 Å². The van der Waals surface area contributed by atoms with Gasteiger partial charge in [0.2, 0.25) is 0 Å². The molecule has 0 saturated carbocycles. The Morgan fingerprint density at radius 3 is 2.55 bits per heavy atom. The third kappa shape index (κ3) is 10.3. The number of halogens is 1. The van der Waals surface area contributed by atoms with Crippen molar-refractivity contribution in [3.05, 3.63) is 23.8 Å². The lowest BCUT2D eigenvalue weighted by Crippen LogP contribution is -2.39. The summed E-state index contributed by atoms with van der Waals surface area (Å²) in [5.74, 6) is 3.39. The predicted octanol–water partition coefficient (Wildman–Crippen LogP) is 4.32. The molecule has 0 aromatic heterocycles. The minimum Gasteiger partial charge on any atom is -0.493 e. The summed E-state index contributed by atoms with van der Waals surface area (Å²) in [6.07, 6.45) is 5.87. The Morgan fingerprint density at radius 2 is 1.90 bits per heavy atom.